The molecular weight excluding hydrogens is 796 g/mol. The van der Waals surface area contributed by atoms with E-state index in [4.69, 9.17) is 37.9 Å². The fourth-order valence-corrected chi connectivity index (χ4v) is 7.45. The van der Waals surface area contributed by atoms with Crippen LogP contribution in [0, 0.1) is 0 Å². The minimum atomic E-state index is -1.89. The van der Waals surface area contributed by atoms with Crippen LogP contribution in [0.5, 0.6) is 0 Å². The number of ether oxygens (including phenoxy) is 8. The van der Waals surface area contributed by atoms with Crippen LogP contribution in [0.25, 0.3) is 0 Å². The van der Waals surface area contributed by atoms with Gasteiger partial charge >= 0.3 is 0 Å². The Hall–Kier alpha value is -1.82. The van der Waals surface area contributed by atoms with Gasteiger partial charge in [-0.15, -0.1) is 0 Å². The first-order valence-corrected chi connectivity index (χ1v) is 20.1. The van der Waals surface area contributed by atoms with Gasteiger partial charge in [0, 0.05) is 20.5 Å². The molecule has 4 saturated heterocycles. The molecular formula is C36H64N2O21. The lowest BCUT2D eigenvalue weighted by Crippen LogP contribution is -2.69. The molecule has 4 rings (SSSR count). The van der Waals surface area contributed by atoms with Crippen molar-refractivity contribution in [2.24, 2.45) is 0 Å². The molecule has 13 N–H and O–H groups in total. The van der Waals surface area contributed by atoms with Crippen LogP contribution in [0.15, 0.2) is 0 Å². The molecule has 0 bridgehead atoms. The highest BCUT2D eigenvalue weighted by Gasteiger charge is 2.54. The third-order valence-corrected chi connectivity index (χ3v) is 10.8. The van der Waals surface area contributed by atoms with Crippen LogP contribution in [-0.4, -0.2) is 224 Å². The molecule has 0 spiro atoms. The number of amides is 2. The van der Waals surface area contributed by atoms with Crippen molar-refractivity contribution in [3.63, 3.8) is 0 Å². The molecule has 23 nitrogen and oxygen atoms in total. The zero-order chi connectivity index (χ0) is 43.6. The Morgan fingerprint density at radius 2 is 0.949 bits per heavy atom. The van der Waals surface area contributed by atoms with Crippen LogP contribution in [-0.2, 0) is 47.5 Å². The Bertz CT molecular complexity index is 1270. The van der Waals surface area contributed by atoms with Gasteiger partial charge in [-0.2, -0.15) is 0 Å². The van der Waals surface area contributed by atoms with Crippen molar-refractivity contribution in [3.8, 4) is 0 Å². The number of hydrogen-bond donors (Lipinski definition) is 13. The number of aliphatic hydroxyl groups is 11. The molecule has 0 saturated carbocycles. The first-order valence-electron chi connectivity index (χ1n) is 20.1. The van der Waals surface area contributed by atoms with Crippen molar-refractivity contribution < 1.29 is 104 Å². The highest BCUT2D eigenvalue weighted by Crippen LogP contribution is 2.33. The third-order valence-electron chi connectivity index (χ3n) is 10.8. The third kappa shape index (κ3) is 12.6. The normalized spacial score (nSPS) is 42.9. The molecule has 4 aliphatic rings. The summed E-state index contributed by atoms with van der Waals surface area (Å²) in [5, 5.41) is 120. The van der Waals surface area contributed by atoms with E-state index in [1.807, 2.05) is 0 Å². The molecule has 0 radical (unpaired) electrons. The molecule has 59 heavy (non-hydrogen) atoms. The first kappa shape index (κ1) is 49.8. The first-order chi connectivity index (χ1) is 28.1. The lowest BCUT2D eigenvalue weighted by molar-refractivity contribution is -0.357. The van der Waals surface area contributed by atoms with Gasteiger partial charge in [-0.1, -0.05) is 39.0 Å². The van der Waals surface area contributed by atoms with E-state index in [0.29, 0.717) is 6.42 Å². The molecule has 0 aromatic carbocycles. The molecule has 4 fully saturated rings. The van der Waals surface area contributed by atoms with Crippen LogP contribution >= 0.6 is 0 Å². The van der Waals surface area contributed by atoms with Crippen molar-refractivity contribution in [2.75, 3.05) is 33.0 Å². The van der Waals surface area contributed by atoms with Crippen LogP contribution in [0.2, 0.25) is 0 Å². The summed E-state index contributed by atoms with van der Waals surface area (Å²) in [5.74, 6) is -1.27. The Balaban J connectivity index is 1.57. The fraction of sp³-hybridized carbons (Fsp3) is 0.944. The maximum atomic E-state index is 12.5. The highest BCUT2D eigenvalue weighted by atomic mass is 16.8. The second-order valence-corrected chi connectivity index (χ2v) is 15.3. The van der Waals surface area contributed by atoms with E-state index in [0.717, 1.165) is 39.0 Å². The Labute approximate surface area is 341 Å². The summed E-state index contributed by atoms with van der Waals surface area (Å²) in [7, 11) is 0. The molecule has 20 atom stereocenters. The average Bonchev–Trinajstić information content (AvgIpc) is 3.20. The van der Waals surface area contributed by atoms with Gasteiger partial charge in [0.1, 0.15) is 97.5 Å². The van der Waals surface area contributed by atoms with Crippen molar-refractivity contribution in [1.82, 2.24) is 10.6 Å². The number of carbonyl (C=O) groups excluding carboxylic acids is 2. The largest absolute Gasteiger partial charge is 0.394 e. The summed E-state index contributed by atoms with van der Waals surface area (Å²) in [6.07, 6.45) is -24.1. The smallest absolute Gasteiger partial charge is 0.217 e. The van der Waals surface area contributed by atoms with Crippen molar-refractivity contribution in [2.45, 2.75) is 182 Å². The topological polar surface area (TPSA) is 355 Å². The summed E-state index contributed by atoms with van der Waals surface area (Å²) in [4.78, 5) is 24.8. The van der Waals surface area contributed by atoms with E-state index in [1.54, 1.807) is 0 Å². The van der Waals surface area contributed by atoms with Gasteiger partial charge in [0.25, 0.3) is 0 Å². The van der Waals surface area contributed by atoms with E-state index in [-0.39, 0.29) is 6.61 Å². The number of carbonyl (C=O) groups is 2. The van der Waals surface area contributed by atoms with E-state index in [2.05, 4.69) is 17.6 Å². The maximum Gasteiger partial charge on any atom is 0.217 e. The summed E-state index contributed by atoms with van der Waals surface area (Å²) in [6, 6.07) is -2.75. The number of aliphatic hydroxyl groups excluding tert-OH is 11. The molecule has 2 amide bonds. The van der Waals surface area contributed by atoms with Crippen molar-refractivity contribution in [3.05, 3.63) is 0 Å². The van der Waals surface area contributed by atoms with Gasteiger partial charge in [0.15, 0.2) is 25.2 Å². The fourth-order valence-electron chi connectivity index (χ4n) is 7.45. The predicted molar refractivity (Wildman–Crippen MR) is 194 cm³/mol. The van der Waals surface area contributed by atoms with E-state index in [1.165, 1.54) is 6.92 Å². The van der Waals surface area contributed by atoms with Crippen LogP contribution in [0.4, 0.5) is 0 Å². The van der Waals surface area contributed by atoms with Gasteiger partial charge in [0.05, 0.1) is 26.4 Å². The lowest BCUT2D eigenvalue weighted by Gasteiger charge is -2.49. The van der Waals surface area contributed by atoms with Crippen molar-refractivity contribution >= 4 is 11.8 Å². The quantitative estimate of drug-likeness (QED) is 0.0507. The van der Waals surface area contributed by atoms with Gasteiger partial charge in [-0.3, -0.25) is 9.59 Å². The van der Waals surface area contributed by atoms with Crippen LogP contribution in [0.1, 0.15) is 59.3 Å². The van der Waals surface area contributed by atoms with Gasteiger partial charge in [0.2, 0.25) is 11.8 Å². The zero-order valence-electron chi connectivity index (χ0n) is 33.3. The SMILES string of the molecule is CCCCCCCCO[C@H]1O[C@H](CO[C@@H]2O[C@H](CO)[C@@H](O[C@@H]3O[C@H](CO)[C@H](O)[C@H](O)[C@H]3O)[C@H](O)[C@H]2NC(C)=O)[C@H](O)[C@H](O[C@@H]2O[C@H](CO)[C@H](O)[C@H](O)[C@H]2O)[C@H]1NC(C)=O. The van der Waals surface area contributed by atoms with Gasteiger partial charge < -0.3 is 105 Å². The molecule has 0 aliphatic carbocycles. The van der Waals surface area contributed by atoms with E-state index < -0.39 is 161 Å². The summed E-state index contributed by atoms with van der Waals surface area (Å²) in [6.45, 7) is 1.55. The Kier molecular flexibility index (Phi) is 19.9. The minimum absolute atomic E-state index is 0.139. The number of nitrogens with one attached hydrogen (secondary N) is 2. The highest BCUT2D eigenvalue weighted by molar-refractivity contribution is 5.73. The van der Waals surface area contributed by atoms with E-state index >= 15 is 0 Å². The molecule has 344 valence electrons. The zero-order valence-corrected chi connectivity index (χ0v) is 33.3. The lowest BCUT2D eigenvalue weighted by atomic mass is 9.94. The standard InChI is InChI=1S/C36H64N2O21/c1-4-5-6-7-8-9-10-52-34-22(38-16(3)43)32(59-36-30(51)28(49)24(45)18(12-40)55-36)25(46)20(57-34)14-53-33-21(37-15(2)42)26(47)31(19(13-41)56-33)58-35-29(50)27(48)23(44)17(11-39)54-35/h17-36,39-41,44-51H,4-14H2,1-3H3,(H,37,42)(H,38,43)/t17-,18-,19-,20-,21-,22-,23+,24+,25+,26-,27+,28+,29-,30-,31-,32-,33-,34+,35+,36+/m1/s1. The molecule has 4 heterocycles. The average molecular weight is 861 g/mol. The maximum absolute atomic E-state index is 12.5. The summed E-state index contributed by atoms with van der Waals surface area (Å²) in [5.41, 5.74) is 0. The second-order valence-electron chi connectivity index (χ2n) is 15.3. The number of hydrogen-bond acceptors (Lipinski definition) is 21. The molecule has 4 aliphatic heterocycles. The number of unbranched alkanes of at least 4 members (excludes halogenated alkanes) is 5. The molecule has 0 aromatic heterocycles. The van der Waals surface area contributed by atoms with Gasteiger partial charge in [-0.05, 0) is 6.42 Å². The Morgan fingerprint density at radius 3 is 1.47 bits per heavy atom. The minimum Gasteiger partial charge on any atom is -0.394 e. The van der Waals surface area contributed by atoms with Crippen LogP contribution < -0.4 is 10.6 Å². The summed E-state index contributed by atoms with van der Waals surface area (Å²) >= 11 is 0. The number of rotatable bonds is 20. The predicted octanol–water partition coefficient (Wildman–Crippen LogP) is -6.08. The summed E-state index contributed by atoms with van der Waals surface area (Å²) < 4.78 is 46.8. The second kappa shape index (κ2) is 23.6. The van der Waals surface area contributed by atoms with Crippen molar-refractivity contribution in [1.29, 1.82) is 0 Å². The Morgan fingerprint density at radius 1 is 0.492 bits per heavy atom. The van der Waals surface area contributed by atoms with Gasteiger partial charge in [-0.25, -0.2) is 0 Å². The van der Waals surface area contributed by atoms with E-state index in [9.17, 15) is 65.8 Å². The molecule has 0 unspecified atom stereocenters. The molecule has 0 aromatic rings. The monoisotopic (exact) mass is 860 g/mol. The van der Waals surface area contributed by atoms with Crippen LogP contribution in [0.3, 0.4) is 0 Å². The molecule has 23 heteroatoms.